The maximum absolute atomic E-state index is 13.9. The molecule has 1 aliphatic rings. The van der Waals surface area contributed by atoms with Gasteiger partial charge in [0.1, 0.15) is 34.4 Å². The lowest BCUT2D eigenvalue weighted by Gasteiger charge is -2.41. The average Bonchev–Trinajstić information content (AvgIpc) is 3.47. The van der Waals surface area contributed by atoms with E-state index in [1.54, 1.807) is 25.5 Å². The van der Waals surface area contributed by atoms with Crippen molar-refractivity contribution in [2.45, 2.75) is 39.3 Å². The number of amides is 1. The first-order valence-corrected chi connectivity index (χ1v) is 13.0. The van der Waals surface area contributed by atoms with E-state index in [1.807, 2.05) is 49.3 Å². The number of carbonyl (C=O) groups excluding carboxylic acids is 1. The van der Waals surface area contributed by atoms with E-state index < -0.39 is 24.4 Å². The molecular weight excluding hydrogens is 525 g/mol. The van der Waals surface area contributed by atoms with E-state index >= 15 is 0 Å². The summed E-state index contributed by atoms with van der Waals surface area (Å²) in [5.41, 5.74) is 3.01. The number of hydrogen-bond donors (Lipinski definition) is 1. The molecule has 206 valence electrons. The van der Waals surface area contributed by atoms with Crippen LogP contribution in [-0.4, -0.2) is 73.7 Å². The highest BCUT2D eigenvalue weighted by atomic mass is 35.5. The molecule has 1 N–H and O–H groups in total. The molecule has 39 heavy (non-hydrogen) atoms. The Morgan fingerprint density at radius 2 is 1.97 bits per heavy atom. The van der Waals surface area contributed by atoms with Crippen LogP contribution in [0.2, 0.25) is 5.02 Å². The van der Waals surface area contributed by atoms with Crippen LogP contribution in [0.25, 0.3) is 22.6 Å². The molecule has 4 heterocycles. The van der Waals surface area contributed by atoms with E-state index in [1.165, 1.54) is 11.1 Å². The Kier molecular flexibility index (Phi) is 7.11. The van der Waals surface area contributed by atoms with Crippen LogP contribution in [0.1, 0.15) is 26.5 Å². The van der Waals surface area contributed by atoms with Crippen molar-refractivity contribution in [2.24, 2.45) is 7.05 Å². The van der Waals surface area contributed by atoms with Crippen molar-refractivity contribution in [3.8, 4) is 22.9 Å². The molecule has 5 rings (SSSR count). The number of fused-ring (bicyclic) bond motifs is 1. The van der Waals surface area contributed by atoms with Gasteiger partial charge in [-0.2, -0.15) is 5.10 Å². The first-order chi connectivity index (χ1) is 18.5. The molecule has 10 nitrogen and oxygen atoms in total. The molecule has 12 heteroatoms. The van der Waals surface area contributed by atoms with Gasteiger partial charge in [-0.05, 0) is 52.0 Å². The minimum absolute atomic E-state index is 0.341. The summed E-state index contributed by atoms with van der Waals surface area (Å²) in [5, 5.41) is 4.72. The zero-order chi connectivity index (χ0) is 27.9. The fraction of sp³-hybridized carbons (Fsp3) is 0.407. The van der Waals surface area contributed by atoms with Crippen LogP contribution in [0.15, 0.2) is 36.7 Å². The molecule has 0 spiro atoms. The van der Waals surface area contributed by atoms with Gasteiger partial charge in [0.05, 0.1) is 23.5 Å². The van der Waals surface area contributed by atoms with E-state index in [9.17, 15) is 9.18 Å². The maximum Gasteiger partial charge on any atom is 0.410 e. The van der Waals surface area contributed by atoms with Crippen LogP contribution in [0, 0.1) is 6.92 Å². The number of alkyl halides is 1. The number of benzene rings is 1. The number of hydrogen-bond acceptors (Lipinski definition) is 7. The monoisotopic (exact) mass is 555 g/mol. The number of pyridine rings is 1. The van der Waals surface area contributed by atoms with Crippen molar-refractivity contribution < 1.29 is 18.7 Å². The van der Waals surface area contributed by atoms with Crippen molar-refractivity contribution >= 4 is 34.5 Å². The zero-order valence-corrected chi connectivity index (χ0v) is 23.3. The molecule has 0 radical (unpaired) electrons. The summed E-state index contributed by atoms with van der Waals surface area (Å²) < 4.78 is 27.2. The number of carbonyl (C=O) groups is 1. The highest BCUT2D eigenvalue weighted by Crippen LogP contribution is 2.36. The molecule has 1 aromatic carbocycles. The lowest BCUT2D eigenvalue weighted by atomic mass is 10.1. The summed E-state index contributed by atoms with van der Waals surface area (Å²) in [6, 6.07) is 6.86. The fourth-order valence-corrected chi connectivity index (χ4v) is 4.78. The number of nitrogens with zero attached hydrogens (tertiary/aromatic N) is 6. The number of aromatic nitrogens is 5. The second-order valence-corrected chi connectivity index (χ2v) is 11.0. The molecule has 0 bridgehead atoms. The Hall–Kier alpha value is -3.86. The van der Waals surface area contributed by atoms with Crippen LogP contribution in [0.5, 0.6) is 11.5 Å². The zero-order valence-electron chi connectivity index (χ0n) is 22.5. The normalized spacial score (nSPS) is 16.1. The topological polar surface area (TPSA) is 101 Å². The Labute approximate surface area is 230 Å². The third-order valence-corrected chi connectivity index (χ3v) is 6.68. The summed E-state index contributed by atoms with van der Waals surface area (Å²) >= 11 is 6.47. The molecule has 1 atom stereocenters. The molecule has 0 unspecified atom stereocenters. The van der Waals surface area contributed by atoms with Crippen molar-refractivity contribution in [2.75, 3.05) is 31.2 Å². The average molecular weight is 556 g/mol. The number of anilines is 1. The van der Waals surface area contributed by atoms with E-state index in [4.69, 9.17) is 21.1 Å². The fourth-order valence-electron chi connectivity index (χ4n) is 4.60. The molecule has 1 amide bonds. The van der Waals surface area contributed by atoms with Gasteiger partial charge < -0.3 is 19.4 Å². The molecular formula is C27H31ClFN7O3. The number of ether oxygens (including phenoxy) is 2. The predicted octanol–water partition coefficient (Wildman–Crippen LogP) is 5.51. The Morgan fingerprint density at radius 3 is 2.62 bits per heavy atom. The molecule has 1 fully saturated rings. The van der Waals surface area contributed by atoms with E-state index in [-0.39, 0.29) is 0 Å². The number of halogens is 2. The van der Waals surface area contributed by atoms with Gasteiger partial charge in [0, 0.05) is 38.6 Å². The van der Waals surface area contributed by atoms with Gasteiger partial charge in [0.25, 0.3) is 0 Å². The molecule has 0 aliphatic carbocycles. The van der Waals surface area contributed by atoms with E-state index in [0.29, 0.717) is 53.1 Å². The highest BCUT2D eigenvalue weighted by molar-refractivity contribution is 6.32. The predicted molar refractivity (Wildman–Crippen MR) is 147 cm³/mol. The Balaban J connectivity index is 1.32. The van der Waals surface area contributed by atoms with Crippen LogP contribution in [-0.2, 0) is 11.8 Å². The van der Waals surface area contributed by atoms with E-state index in [0.717, 1.165) is 16.9 Å². The first-order valence-electron chi connectivity index (χ1n) is 12.7. The van der Waals surface area contributed by atoms with Crippen LogP contribution >= 0.6 is 11.6 Å². The SMILES string of the molecule is Cc1nn(C)cc1-c1nc2ncc(Cl)c(Oc3ccc(N4CCN(C(=O)OC(C)(C)C)[C@@H](CF)C4)cc3)c2[nH]1. The number of piperazine rings is 1. The van der Waals surface area contributed by atoms with Crippen molar-refractivity contribution in [3.63, 3.8) is 0 Å². The minimum atomic E-state index is -0.655. The van der Waals surface area contributed by atoms with Crippen LogP contribution in [0.4, 0.5) is 14.9 Å². The third kappa shape index (κ3) is 5.63. The minimum Gasteiger partial charge on any atom is -0.453 e. The molecule has 3 aromatic heterocycles. The first kappa shape index (κ1) is 26.7. The largest absolute Gasteiger partial charge is 0.453 e. The lowest BCUT2D eigenvalue weighted by Crippen LogP contribution is -2.57. The number of nitrogens with one attached hydrogen (secondary N) is 1. The Morgan fingerprint density at radius 1 is 1.23 bits per heavy atom. The summed E-state index contributed by atoms with van der Waals surface area (Å²) in [5.74, 6) is 1.60. The summed E-state index contributed by atoms with van der Waals surface area (Å²) in [4.78, 5) is 28.3. The number of H-pyrrole nitrogens is 1. The Bertz CT molecular complexity index is 1500. The van der Waals surface area contributed by atoms with Crippen molar-refractivity contribution in [1.29, 1.82) is 0 Å². The third-order valence-electron chi connectivity index (χ3n) is 6.41. The molecule has 1 aliphatic heterocycles. The lowest BCUT2D eigenvalue weighted by molar-refractivity contribution is 0.0114. The van der Waals surface area contributed by atoms with Gasteiger partial charge in [0.2, 0.25) is 0 Å². The number of aryl methyl sites for hydroxylation is 2. The number of rotatable bonds is 5. The van der Waals surface area contributed by atoms with Gasteiger partial charge in [-0.25, -0.2) is 19.2 Å². The quantitative estimate of drug-likeness (QED) is 0.346. The van der Waals surface area contributed by atoms with Gasteiger partial charge in [0.15, 0.2) is 11.4 Å². The number of imidazole rings is 1. The smallest absolute Gasteiger partial charge is 0.410 e. The van der Waals surface area contributed by atoms with E-state index in [2.05, 4.69) is 20.1 Å². The van der Waals surface area contributed by atoms with Gasteiger partial charge >= 0.3 is 6.09 Å². The second-order valence-electron chi connectivity index (χ2n) is 10.5. The molecule has 1 saturated heterocycles. The maximum atomic E-state index is 13.9. The summed E-state index contributed by atoms with van der Waals surface area (Å²) in [7, 11) is 1.85. The molecule has 4 aromatic rings. The highest BCUT2D eigenvalue weighted by Gasteiger charge is 2.33. The van der Waals surface area contributed by atoms with Gasteiger partial charge in [-0.3, -0.25) is 9.58 Å². The van der Waals surface area contributed by atoms with Crippen LogP contribution in [0.3, 0.4) is 0 Å². The summed E-state index contributed by atoms with van der Waals surface area (Å²) in [6.07, 6.45) is 2.90. The standard InChI is InChI=1S/C27H31ClFN7O3/c1-16-20(15-34(5)33-16)24-31-22-23(21(28)13-30-25(22)32-24)38-19-8-6-17(7-9-19)35-10-11-36(18(12-29)14-35)26(37)39-27(2,3)4/h6-9,13,15,18H,10-12,14H2,1-5H3,(H,30,31,32)/t18-/m0/s1. The van der Waals surface area contributed by atoms with Crippen molar-refractivity contribution in [1.82, 2.24) is 29.6 Å². The van der Waals surface area contributed by atoms with Gasteiger partial charge in [-0.15, -0.1) is 0 Å². The van der Waals surface area contributed by atoms with Crippen molar-refractivity contribution in [3.05, 3.63) is 47.4 Å². The second kappa shape index (κ2) is 10.4. The molecule has 0 saturated carbocycles. The number of aromatic amines is 1. The summed E-state index contributed by atoms with van der Waals surface area (Å²) in [6.45, 7) is 7.93. The van der Waals surface area contributed by atoms with Gasteiger partial charge in [-0.1, -0.05) is 11.6 Å². The van der Waals surface area contributed by atoms with Crippen LogP contribution < -0.4 is 9.64 Å².